The van der Waals surface area contributed by atoms with Crippen LogP contribution in [0.3, 0.4) is 0 Å². The van der Waals surface area contributed by atoms with Crippen LogP contribution in [0.1, 0.15) is 26.7 Å². The van der Waals surface area contributed by atoms with Gasteiger partial charge in [-0.3, -0.25) is 9.59 Å². The minimum Gasteiger partial charge on any atom is -0.480 e. The number of carbonyl (C=O) groups is 2. The second kappa shape index (κ2) is 6.37. The third kappa shape index (κ3) is 4.81. The van der Waals surface area contributed by atoms with Gasteiger partial charge in [-0.15, -0.1) is 0 Å². The van der Waals surface area contributed by atoms with Gasteiger partial charge in [-0.05, 0) is 6.42 Å². The normalized spacial score (nSPS) is 14.7. The van der Waals surface area contributed by atoms with Crippen LogP contribution in [0.4, 0.5) is 0 Å². The predicted molar refractivity (Wildman–Crippen MR) is 52.7 cm³/mol. The Bertz CT molecular complexity index is 206. The van der Waals surface area contributed by atoms with Gasteiger partial charge in [0.05, 0.1) is 0 Å². The second-order valence-electron chi connectivity index (χ2n) is 3.39. The van der Waals surface area contributed by atoms with E-state index in [4.69, 9.17) is 10.8 Å². The Balaban J connectivity index is 3.93. The van der Waals surface area contributed by atoms with Crippen molar-refractivity contribution < 1.29 is 14.7 Å². The van der Waals surface area contributed by atoms with Crippen molar-refractivity contribution in [1.82, 2.24) is 5.32 Å². The first-order valence-electron chi connectivity index (χ1n) is 4.74. The number of hydrogen-bond donors (Lipinski definition) is 3. The van der Waals surface area contributed by atoms with Crippen molar-refractivity contribution in [3.05, 3.63) is 0 Å². The Kier molecular flexibility index (Phi) is 5.87. The lowest BCUT2D eigenvalue weighted by Gasteiger charge is -2.15. The van der Waals surface area contributed by atoms with Crippen molar-refractivity contribution in [3.8, 4) is 0 Å². The number of amides is 1. The molecule has 0 aromatic rings. The van der Waals surface area contributed by atoms with E-state index in [0.717, 1.165) is 6.42 Å². The molecule has 1 amide bonds. The van der Waals surface area contributed by atoms with E-state index in [-0.39, 0.29) is 5.92 Å². The largest absolute Gasteiger partial charge is 0.480 e. The molecule has 0 fully saturated rings. The van der Waals surface area contributed by atoms with E-state index >= 15 is 0 Å². The molecule has 4 N–H and O–H groups in total. The van der Waals surface area contributed by atoms with Gasteiger partial charge in [0.15, 0.2) is 0 Å². The van der Waals surface area contributed by atoms with Crippen LogP contribution in [0, 0.1) is 5.92 Å². The molecule has 2 unspecified atom stereocenters. The van der Waals surface area contributed by atoms with E-state index in [1.54, 1.807) is 6.92 Å². The van der Waals surface area contributed by atoms with Crippen LogP contribution in [-0.4, -0.2) is 29.6 Å². The number of nitrogens with two attached hydrogens (primary N) is 1. The van der Waals surface area contributed by atoms with Crippen LogP contribution in [0.15, 0.2) is 0 Å². The van der Waals surface area contributed by atoms with Crippen LogP contribution in [0.25, 0.3) is 0 Å². The van der Waals surface area contributed by atoms with Gasteiger partial charge in [-0.25, -0.2) is 0 Å². The van der Waals surface area contributed by atoms with E-state index in [0.29, 0.717) is 13.0 Å². The van der Waals surface area contributed by atoms with Crippen molar-refractivity contribution >= 4 is 11.9 Å². The van der Waals surface area contributed by atoms with Crippen molar-refractivity contribution in [1.29, 1.82) is 0 Å². The summed E-state index contributed by atoms with van der Waals surface area (Å²) in [6, 6.07) is -0.582. The van der Waals surface area contributed by atoms with Crippen LogP contribution in [-0.2, 0) is 9.59 Å². The van der Waals surface area contributed by atoms with E-state index < -0.39 is 17.9 Å². The maximum atomic E-state index is 10.7. The maximum Gasteiger partial charge on any atom is 0.320 e. The first-order chi connectivity index (χ1) is 6.49. The van der Waals surface area contributed by atoms with Crippen LogP contribution in [0.5, 0.6) is 0 Å². The average Bonchev–Trinajstić information content (AvgIpc) is 2.10. The summed E-state index contributed by atoms with van der Waals surface area (Å²) < 4.78 is 0. The first kappa shape index (κ1) is 12.9. The van der Waals surface area contributed by atoms with E-state index in [2.05, 4.69) is 5.32 Å². The summed E-state index contributed by atoms with van der Waals surface area (Å²) in [5.41, 5.74) is 5.05. The van der Waals surface area contributed by atoms with Gasteiger partial charge < -0.3 is 16.2 Å². The van der Waals surface area contributed by atoms with Gasteiger partial charge >= 0.3 is 5.97 Å². The molecule has 0 aliphatic heterocycles. The summed E-state index contributed by atoms with van der Waals surface area (Å²) in [5, 5.41) is 11.6. The quantitative estimate of drug-likeness (QED) is 0.539. The summed E-state index contributed by atoms with van der Waals surface area (Å²) in [6.07, 6.45) is 1.34. The molecule has 82 valence electrons. The molecular weight excluding hydrogens is 184 g/mol. The highest BCUT2D eigenvalue weighted by Gasteiger charge is 2.17. The Labute approximate surface area is 83.7 Å². The average molecular weight is 202 g/mol. The number of carboxylic acid groups (broad SMARTS) is 1. The molecule has 0 rings (SSSR count). The van der Waals surface area contributed by atoms with Crippen molar-refractivity contribution in [2.24, 2.45) is 11.7 Å². The fourth-order valence-electron chi connectivity index (χ4n) is 1.02. The fraction of sp³-hybridized carbons (Fsp3) is 0.778. The highest BCUT2D eigenvalue weighted by molar-refractivity contribution is 5.77. The zero-order valence-electron chi connectivity index (χ0n) is 8.62. The topological polar surface area (TPSA) is 92.4 Å². The molecule has 0 aromatic heterocycles. The lowest BCUT2D eigenvalue weighted by Crippen LogP contribution is -2.41. The van der Waals surface area contributed by atoms with Crippen LogP contribution >= 0.6 is 0 Å². The number of nitrogens with one attached hydrogen (secondary N) is 1. The number of hydrogen-bond acceptors (Lipinski definition) is 3. The molecule has 0 saturated carbocycles. The number of rotatable bonds is 7. The van der Waals surface area contributed by atoms with E-state index in [9.17, 15) is 9.59 Å². The molecule has 5 nitrogen and oxygen atoms in total. The Morgan fingerprint density at radius 1 is 1.50 bits per heavy atom. The molecule has 2 atom stereocenters. The predicted octanol–water partition coefficient (Wildman–Crippen LogP) is -0.0493. The zero-order valence-corrected chi connectivity index (χ0v) is 8.62. The monoisotopic (exact) mass is 202 g/mol. The SMILES string of the molecule is CCCC(NCC(C)C(N)=O)C(=O)O. The lowest BCUT2D eigenvalue weighted by atomic mass is 10.1. The van der Waals surface area contributed by atoms with Crippen molar-refractivity contribution in [3.63, 3.8) is 0 Å². The number of carboxylic acids is 1. The lowest BCUT2D eigenvalue weighted by molar-refractivity contribution is -0.140. The van der Waals surface area contributed by atoms with Crippen molar-refractivity contribution in [2.45, 2.75) is 32.7 Å². The number of aliphatic carboxylic acids is 1. The molecule has 0 spiro atoms. The van der Waals surface area contributed by atoms with Gasteiger partial charge in [0.2, 0.25) is 5.91 Å². The maximum absolute atomic E-state index is 10.7. The van der Waals surface area contributed by atoms with Gasteiger partial charge in [-0.1, -0.05) is 20.3 Å². The Morgan fingerprint density at radius 2 is 2.07 bits per heavy atom. The zero-order chi connectivity index (χ0) is 11.1. The molecule has 0 aromatic carbocycles. The van der Waals surface area contributed by atoms with Gasteiger partial charge in [0.1, 0.15) is 6.04 Å². The van der Waals surface area contributed by atoms with E-state index in [1.807, 2.05) is 6.92 Å². The molecule has 5 heteroatoms. The Morgan fingerprint density at radius 3 is 2.43 bits per heavy atom. The fourth-order valence-corrected chi connectivity index (χ4v) is 1.02. The van der Waals surface area contributed by atoms with Crippen molar-refractivity contribution in [2.75, 3.05) is 6.54 Å². The van der Waals surface area contributed by atoms with Crippen LogP contribution in [0.2, 0.25) is 0 Å². The third-order valence-corrected chi connectivity index (χ3v) is 2.03. The molecule has 0 radical (unpaired) electrons. The van der Waals surface area contributed by atoms with Crippen LogP contribution < -0.4 is 11.1 Å². The molecule has 0 bridgehead atoms. The first-order valence-corrected chi connectivity index (χ1v) is 4.74. The molecule has 0 saturated heterocycles. The Hall–Kier alpha value is -1.10. The van der Waals surface area contributed by atoms with Gasteiger partial charge in [0.25, 0.3) is 0 Å². The summed E-state index contributed by atoms with van der Waals surface area (Å²) in [5.74, 6) is -1.64. The van der Waals surface area contributed by atoms with Gasteiger partial charge in [0, 0.05) is 12.5 Å². The highest BCUT2D eigenvalue weighted by atomic mass is 16.4. The van der Waals surface area contributed by atoms with Gasteiger partial charge in [-0.2, -0.15) is 0 Å². The third-order valence-electron chi connectivity index (χ3n) is 2.03. The highest BCUT2D eigenvalue weighted by Crippen LogP contribution is 1.98. The molecule has 14 heavy (non-hydrogen) atoms. The molecule has 0 aliphatic carbocycles. The number of carbonyl (C=O) groups excluding carboxylic acids is 1. The summed E-state index contributed by atoms with van der Waals surface area (Å²) in [4.78, 5) is 21.4. The summed E-state index contributed by atoms with van der Waals surface area (Å²) >= 11 is 0. The molecule has 0 heterocycles. The second-order valence-corrected chi connectivity index (χ2v) is 3.39. The summed E-state index contributed by atoms with van der Waals surface area (Å²) in [6.45, 7) is 3.89. The van der Waals surface area contributed by atoms with E-state index in [1.165, 1.54) is 0 Å². The molecule has 0 aliphatic rings. The standard InChI is InChI=1S/C9H18N2O3/c1-3-4-7(9(13)14)11-5-6(2)8(10)12/h6-7,11H,3-5H2,1-2H3,(H2,10,12)(H,13,14). The molecular formula is C9H18N2O3. The smallest absolute Gasteiger partial charge is 0.320 e. The summed E-state index contributed by atoms with van der Waals surface area (Å²) in [7, 11) is 0. The minimum atomic E-state index is -0.886. The minimum absolute atomic E-state index is 0.312. The number of primary amides is 1.